The van der Waals surface area contributed by atoms with Gasteiger partial charge in [0.1, 0.15) is 11.2 Å². The fourth-order valence-electron chi connectivity index (χ4n) is 8.43. The second kappa shape index (κ2) is 8.10. The van der Waals surface area contributed by atoms with Crippen molar-refractivity contribution in [3.8, 4) is 16.9 Å². The van der Waals surface area contributed by atoms with Crippen molar-refractivity contribution in [2.24, 2.45) is 0 Å². The third kappa shape index (κ3) is 2.70. The lowest BCUT2D eigenvalue weighted by molar-refractivity contribution is -1.03. The van der Waals surface area contributed by atoms with Crippen LogP contribution in [0.2, 0.25) is 0 Å². The molecule has 0 saturated carbocycles. The second-order valence-electron chi connectivity index (χ2n) is 13.7. The zero-order chi connectivity index (χ0) is 30.5. The summed E-state index contributed by atoms with van der Waals surface area (Å²) in [5.74, 6) is 2.28. The topological polar surface area (TPSA) is 15.9 Å². The molecule has 4 aromatic carbocycles. The van der Waals surface area contributed by atoms with Crippen LogP contribution >= 0.6 is 11.3 Å². The molecule has 8 aromatic rings. The summed E-state index contributed by atoms with van der Waals surface area (Å²) < 4.78 is 9.28. The molecular weight excluding hydrogens is 583 g/mol. The molecule has 0 saturated heterocycles. The van der Waals surface area contributed by atoms with Gasteiger partial charge in [0.05, 0.1) is 15.7 Å². The highest BCUT2D eigenvalue weighted by atomic mass is 32.1. The summed E-state index contributed by atoms with van der Waals surface area (Å²) in [5.41, 5.74) is 11.4. The Labute approximate surface area is 270 Å². The molecule has 0 N–H and O–H groups in total. The maximum atomic E-state index is 2.53. The summed E-state index contributed by atoms with van der Waals surface area (Å²) in [6, 6.07) is 40.5. The van der Waals surface area contributed by atoms with Gasteiger partial charge in [-0.05, 0) is 81.0 Å². The molecule has 46 heavy (non-hydrogen) atoms. The highest BCUT2D eigenvalue weighted by molar-refractivity contribution is 7.18. The molecule has 6 heteroatoms. The minimum Gasteiger partial charge on any atom is -0.182 e. The van der Waals surface area contributed by atoms with E-state index in [1.54, 1.807) is 0 Å². The van der Waals surface area contributed by atoms with Gasteiger partial charge in [0.2, 0.25) is 11.2 Å². The van der Waals surface area contributed by atoms with Gasteiger partial charge in [-0.1, -0.05) is 57.2 Å². The van der Waals surface area contributed by atoms with Crippen molar-refractivity contribution < 1.29 is 9.35 Å². The van der Waals surface area contributed by atoms with E-state index < -0.39 is 0 Å². The fraction of sp³-hybridized carbons (Fsp3) is 0.100. The van der Waals surface area contributed by atoms with Gasteiger partial charge >= 0.3 is 11.6 Å². The molecule has 0 aliphatic carbocycles. The third-order valence-electron chi connectivity index (χ3n) is 10.4. The lowest BCUT2D eigenvalue weighted by Crippen LogP contribution is -2.87. The van der Waals surface area contributed by atoms with Gasteiger partial charge in [-0.25, -0.2) is 0 Å². The van der Waals surface area contributed by atoms with Crippen LogP contribution in [-0.4, -0.2) is 4.57 Å². The number of para-hydroxylation sites is 2. The molecular formula is C40H30N5S+3. The molecule has 1 spiro atoms. The number of nitrogens with zero attached hydrogens (tertiary/aromatic N) is 5. The second-order valence-corrected chi connectivity index (χ2v) is 14.6. The fourth-order valence-corrected chi connectivity index (χ4v) is 9.39. The predicted octanol–water partition coefficient (Wildman–Crippen LogP) is 9.51. The molecule has 7 heterocycles. The lowest BCUT2D eigenvalue weighted by atomic mass is 9.87. The van der Waals surface area contributed by atoms with Gasteiger partial charge in [-0.2, -0.15) is 9.47 Å². The van der Waals surface area contributed by atoms with Crippen molar-refractivity contribution in [3.05, 3.63) is 133 Å². The quantitative estimate of drug-likeness (QED) is 0.133. The van der Waals surface area contributed by atoms with E-state index >= 15 is 0 Å². The van der Waals surface area contributed by atoms with Crippen molar-refractivity contribution in [2.75, 3.05) is 4.90 Å². The van der Waals surface area contributed by atoms with Crippen LogP contribution in [0.5, 0.6) is 0 Å². The van der Waals surface area contributed by atoms with Gasteiger partial charge in [0.25, 0.3) is 11.4 Å². The lowest BCUT2D eigenvalue weighted by Gasteiger charge is -2.40. The number of hydrogen-bond donors (Lipinski definition) is 0. The van der Waals surface area contributed by atoms with E-state index in [4.69, 9.17) is 0 Å². The minimum absolute atomic E-state index is 0.00948. The van der Waals surface area contributed by atoms with Crippen LogP contribution in [0.4, 0.5) is 28.6 Å². The Kier molecular flexibility index (Phi) is 4.39. The van der Waals surface area contributed by atoms with Crippen molar-refractivity contribution in [1.29, 1.82) is 0 Å². The Hall–Kier alpha value is -5.30. The van der Waals surface area contributed by atoms with Crippen LogP contribution in [0, 0.1) is 0 Å². The number of pyridine rings is 2. The molecule has 0 amide bonds. The molecule has 1 atom stereocenters. The smallest absolute Gasteiger partial charge is 0.182 e. The van der Waals surface area contributed by atoms with E-state index in [1.165, 1.54) is 71.5 Å². The van der Waals surface area contributed by atoms with Gasteiger partial charge in [-0.3, -0.25) is 0 Å². The predicted molar refractivity (Wildman–Crippen MR) is 188 cm³/mol. The number of benzene rings is 4. The number of rotatable bonds is 1. The van der Waals surface area contributed by atoms with Gasteiger partial charge in [-0.15, -0.1) is 11.3 Å². The highest BCUT2D eigenvalue weighted by Gasteiger charge is 2.66. The first-order valence-electron chi connectivity index (χ1n) is 15.9. The molecule has 4 aromatic heterocycles. The Morgan fingerprint density at radius 3 is 2.35 bits per heavy atom. The number of thiophene rings is 1. The van der Waals surface area contributed by atoms with Crippen LogP contribution in [0.1, 0.15) is 26.3 Å². The number of hydrogen-bond acceptors (Lipinski definition) is 2. The molecule has 0 bridgehead atoms. The van der Waals surface area contributed by atoms with Crippen molar-refractivity contribution >= 4 is 71.8 Å². The monoisotopic (exact) mass is 612 g/mol. The summed E-state index contributed by atoms with van der Waals surface area (Å²) in [4.78, 5) is 2.44. The summed E-state index contributed by atoms with van der Waals surface area (Å²) in [6.07, 6.45) is 4.62. The van der Waals surface area contributed by atoms with Crippen molar-refractivity contribution in [1.82, 2.24) is 9.27 Å². The molecule has 3 aliphatic rings. The zero-order valence-corrected chi connectivity index (χ0v) is 26.6. The first-order valence-corrected chi connectivity index (χ1v) is 16.8. The van der Waals surface area contributed by atoms with E-state index in [1.807, 2.05) is 11.3 Å². The molecule has 5 nitrogen and oxygen atoms in total. The normalized spacial score (nSPS) is 17.1. The van der Waals surface area contributed by atoms with Crippen LogP contribution < -0.4 is 19.0 Å². The zero-order valence-electron chi connectivity index (χ0n) is 25.8. The number of quaternary nitrogens is 1. The highest BCUT2D eigenvalue weighted by Crippen LogP contribution is 2.61. The minimum atomic E-state index is -0.00948. The van der Waals surface area contributed by atoms with Crippen LogP contribution in [0.15, 0.2) is 127 Å². The van der Waals surface area contributed by atoms with Crippen molar-refractivity contribution in [3.63, 3.8) is 0 Å². The van der Waals surface area contributed by atoms with E-state index in [0.29, 0.717) is 4.70 Å². The Balaban J connectivity index is 1.44. The third-order valence-corrected chi connectivity index (χ3v) is 11.3. The van der Waals surface area contributed by atoms with Gasteiger partial charge in [0, 0.05) is 38.5 Å². The average Bonchev–Trinajstić information content (AvgIpc) is 3.67. The number of aromatic nitrogens is 3. The molecule has 3 aliphatic heterocycles. The summed E-state index contributed by atoms with van der Waals surface area (Å²) >= 11 is 1.85. The van der Waals surface area contributed by atoms with Gasteiger partial charge < -0.3 is 0 Å². The maximum absolute atomic E-state index is 2.53. The van der Waals surface area contributed by atoms with E-state index in [9.17, 15) is 0 Å². The summed E-state index contributed by atoms with van der Waals surface area (Å²) in [5, 5.41) is 6.28. The Morgan fingerprint density at radius 2 is 1.48 bits per heavy atom. The standard InChI is InChI=1S/C40H30N5S/c1-40(2,3)25-20-22-42-35(23-25)44-31-14-8-7-13-27(31)28-16-17-29-30-24-46-33-19-18-32-39(36(30)33)45(42,38(29)37(28)44)41-21-10-9-15-34(41)43(32)26-11-5-4-6-12-26/h4-24H,1-3H3/q+3. The number of fused-ring (bicyclic) bond motifs is 7. The van der Waals surface area contributed by atoms with E-state index in [-0.39, 0.29) is 5.41 Å². The largest absolute Gasteiger partial charge is 0.342 e. The van der Waals surface area contributed by atoms with Crippen LogP contribution in [0.25, 0.3) is 48.8 Å². The van der Waals surface area contributed by atoms with Crippen molar-refractivity contribution in [2.45, 2.75) is 26.2 Å². The van der Waals surface area contributed by atoms with Gasteiger partial charge in [0.15, 0.2) is 12.4 Å². The molecule has 1 unspecified atom stereocenters. The first-order chi connectivity index (χ1) is 22.5. The average molecular weight is 613 g/mol. The SMILES string of the molecule is CC(C)(C)c1cc[n+]2c(c1)-n1c3ccccc3c3ccc4c(c31)[N+]21c2c(ccc3scc-4c23)N(c2ccccc2)c2cccc[n+]21. The molecule has 0 fully saturated rings. The number of anilines is 3. The van der Waals surface area contributed by atoms with E-state index in [0.717, 1.165) is 11.5 Å². The Morgan fingerprint density at radius 1 is 0.674 bits per heavy atom. The van der Waals surface area contributed by atoms with Crippen LogP contribution in [0.3, 0.4) is 0 Å². The summed E-state index contributed by atoms with van der Waals surface area (Å²) in [7, 11) is 0. The maximum Gasteiger partial charge on any atom is 0.342 e. The summed E-state index contributed by atoms with van der Waals surface area (Å²) in [6.45, 7) is 6.93. The Bertz CT molecular complexity index is 2640. The molecule has 218 valence electrons. The van der Waals surface area contributed by atoms with Crippen LogP contribution in [-0.2, 0) is 5.41 Å². The van der Waals surface area contributed by atoms with E-state index in [2.05, 4.69) is 167 Å². The first kappa shape index (κ1) is 25.0. The molecule has 0 radical (unpaired) electrons. The molecule has 11 rings (SSSR count).